The number of esters is 2. The SMILES string of the molecule is CC(=O)OC[C@@H]1C2=C(CCC1(C)C)O[C@@]1(CC2)C(=O)CCC(C)(C)[C@@H]1COC(C)=O. The maximum atomic E-state index is 13.3. The second-order valence-electron chi connectivity index (χ2n) is 10.6. The van der Waals surface area contributed by atoms with E-state index in [1.54, 1.807) is 0 Å². The molecule has 3 rings (SSSR count). The number of ketones is 1. The van der Waals surface area contributed by atoms with E-state index >= 15 is 0 Å². The van der Waals surface area contributed by atoms with Crippen molar-refractivity contribution in [3.8, 4) is 0 Å². The van der Waals surface area contributed by atoms with Crippen molar-refractivity contribution in [1.29, 1.82) is 0 Å². The zero-order chi connectivity index (χ0) is 22.3. The third kappa shape index (κ3) is 4.15. The summed E-state index contributed by atoms with van der Waals surface area (Å²) in [6, 6.07) is 0. The molecule has 2 aliphatic carbocycles. The van der Waals surface area contributed by atoms with Gasteiger partial charge in [-0.2, -0.15) is 0 Å². The third-order valence-corrected chi connectivity index (χ3v) is 7.67. The minimum atomic E-state index is -0.941. The number of carbonyl (C=O) groups excluding carboxylic acids is 3. The molecule has 0 unspecified atom stereocenters. The van der Waals surface area contributed by atoms with Crippen molar-refractivity contribution < 1.29 is 28.6 Å². The molecule has 3 aliphatic rings. The summed E-state index contributed by atoms with van der Waals surface area (Å²) in [5, 5.41) is 0. The third-order valence-electron chi connectivity index (χ3n) is 7.67. The van der Waals surface area contributed by atoms with E-state index in [2.05, 4.69) is 27.7 Å². The highest BCUT2D eigenvalue weighted by molar-refractivity contribution is 5.89. The number of hydrogen-bond acceptors (Lipinski definition) is 6. The Balaban J connectivity index is 1.95. The van der Waals surface area contributed by atoms with Crippen LogP contribution in [0.15, 0.2) is 11.3 Å². The van der Waals surface area contributed by atoms with Gasteiger partial charge in [-0.15, -0.1) is 0 Å². The van der Waals surface area contributed by atoms with Crippen LogP contribution >= 0.6 is 0 Å². The molecular weight excluding hydrogens is 384 g/mol. The largest absolute Gasteiger partial charge is 0.483 e. The second kappa shape index (κ2) is 8.01. The molecule has 0 saturated heterocycles. The van der Waals surface area contributed by atoms with Crippen LogP contribution in [0.5, 0.6) is 0 Å². The van der Waals surface area contributed by atoms with E-state index in [0.717, 1.165) is 31.4 Å². The van der Waals surface area contributed by atoms with E-state index < -0.39 is 5.60 Å². The van der Waals surface area contributed by atoms with Gasteiger partial charge in [0.15, 0.2) is 11.4 Å². The molecule has 30 heavy (non-hydrogen) atoms. The van der Waals surface area contributed by atoms with Crippen LogP contribution in [-0.4, -0.2) is 36.5 Å². The molecule has 1 spiro atoms. The van der Waals surface area contributed by atoms with Gasteiger partial charge in [0.05, 0.1) is 19.0 Å². The van der Waals surface area contributed by atoms with Crippen LogP contribution in [0.25, 0.3) is 0 Å². The van der Waals surface area contributed by atoms with Crippen LogP contribution in [0.2, 0.25) is 0 Å². The number of hydrogen-bond donors (Lipinski definition) is 0. The Bertz CT molecular complexity index is 762. The maximum absolute atomic E-state index is 13.3. The first kappa shape index (κ1) is 22.8. The van der Waals surface area contributed by atoms with Gasteiger partial charge in [-0.05, 0) is 42.1 Å². The Morgan fingerprint density at radius 3 is 2.13 bits per heavy atom. The van der Waals surface area contributed by atoms with E-state index in [-0.39, 0.29) is 47.0 Å². The monoisotopic (exact) mass is 420 g/mol. The number of rotatable bonds is 4. The summed E-state index contributed by atoms with van der Waals surface area (Å²) in [6.07, 6.45) is 4.23. The zero-order valence-corrected chi connectivity index (χ0v) is 19.3. The highest BCUT2D eigenvalue weighted by Crippen LogP contribution is 2.56. The van der Waals surface area contributed by atoms with E-state index in [4.69, 9.17) is 14.2 Å². The predicted octanol–water partition coefficient (Wildman–Crippen LogP) is 4.36. The van der Waals surface area contributed by atoms with E-state index in [1.165, 1.54) is 19.4 Å². The van der Waals surface area contributed by atoms with Crippen LogP contribution in [-0.2, 0) is 28.6 Å². The first-order valence-electron chi connectivity index (χ1n) is 11.1. The average molecular weight is 421 g/mol. The van der Waals surface area contributed by atoms with Crippen LogP contribution < -0.4 is 0 Å². The molecule has 0 radical (unpaired) electrons. The summed E-state index contributed by atoms with van der Waals surface area (Å²) in [5.74, 6) is 0.281. The lowest BCUT2D eigenvalue weighted by molar-refractivity contribution is -0.181. The smallest absolute Gasteiger partial charge is 0.302 e. The number of Topliss-reactive ketones (excluding diaryl/α,β-unsaturated/α-hetero) is 1. The first-order valence-corrected chi connectivity index (χ1v) is 11.1. The van der Waals surface area contributed by atoms with Crippen molar-refractivity contribution >= 4 is 17.7 Å². The van der Waals surface area contributed by atoms with E-state index in [1.807, 2.05) is 0 Å². The van der Waals surface area contributed by atoms with Crippen LogP contribution in [0.3, 0.4) is 0 Å². The zero-order valence-electron chi connectivity index (χ0n) is 19.3. The first-order chi connectivity index (χ1) is 13.9. The molecule has 0 amide bonds. The number of ether oxygens (including phenoxy) is 3. The van der Waals surface area contributed by atoms with Crippen LogP contribution in [0.4, 0.5) is 0 Å². The maximum Gasteiger partial charge on any atom is 0.302 e. The lowest BCUT2D eigenvalue weighted by Crippen LogP contribution is -2.60. The molecule has 0 aromatic heterocycles. The Hall–Kier alpha value is -1.85. The summed E-state index contributed by atoms with van der Waals surface area (Å²) in [7, 11) is 0. The molecule has 168 valence electrons. The fourth-order valence-corrected chi connectivity index (χ4v) is 5.63. The Morgan fingerprint density at radius 2 is 1.50 bits per heavy atom. The van der Waals surface area contributed by atoms with Gasteiger partial charge < -0.3 is 14.2 Å². The van der Waals surface area contributed by atoms with Crippen LogP contribution in [0, 0.1) is 22.7 Å². The molecule has 0 aromatic rings. The van der Waals surface area contributed by atoms with Crippen molar-refractivity contribution in [3.63, 3.8) is 0 Å². The normalized spacial score (nSPS) is 32.3. The molecule has 0 N–H and O–H groups in total. The molecule has 3 atom stereocenters. The van der Waals surface area contributed by atoms with Gasteiger partial charge in [0, 0.05) is 38.5 Å². The topological polar surface area (TPSA) is 78.9 Å². The van der Waals surface area contributed by atoms with Crippen molar-refractivity contribution in [2.45, 2.75) is 85.7 Å². The molecular formula is C24H36O6. The van der Waals surface area contributed by atoms with Gasteiger partial charge in [0.25, 0.3) is 0 Å². The van der Waals surface area contributed by atoms with Gasteiger partial charge >= 0.3 is 11.9 Å². The van der Waals surface area contributed by atoms with Gasteiger partial charge in [0.2, 0.25) is 0 Å². The highest BCUT2D eigenvalue weighted by atomic mass is 16.5. The molecule has 6 heteroatoms. The number of carbonyl (C=O) groups is 3. The standard InChI is InChI=1S/C24H36O6/c1-15(25)28-13-18-17-7-12-24(30-19(17)8-10-22(18,3)4)20(14-29-16(2)26)23(5,6)11-9-21(24)27/h18,20H,7-14H2,1-6H3/t18-,20+,24-/m1/s1. The molecule has 0 aromatic carbocycles. The quantitative estimate of drug-likeness (QED) is 0.629. The fourth-order valence-electron chi connectivity index (χ4n) is 5.63. The van der Waals surface area contributed by atoms with Crippen molar-refractivity contribution in [2.75, 3.05) is 13.2 Å². The number of allylic oxidation sites excluding steroid dienone is 1. The van der Waals surface area contributed by atoms with E-state index in [9.17, 15) is 14.4 Å². The predicted molar refractivity (Wildman–Crippen MR) is 111 cm³/mol. The van der Waals surface area contributed by atoms with Gasteiger partial charge in [-0.1, -0.05) is 27.7 Å². The van der Waals surface area contributed by atoms with Crippen molar-refractivity contribution in [2.24, 2.45) is 22.7 Å². The van der Waals surface area contributed by atoms with Crippen LogP contribution in [0.1, 0.15) is 80.1 Å². The lowest BCUT2D eigenvalue weighted by Gasteiger charge is -2.54. The average Bonchev–Trinajstić information content (AvgIpc) is 2.63. The summed E-state index contributed by atoms with van der Waals surface area (Å²) in [4.78, 5) is 36.2. The minimum absolute atomic E-state index is 0.00483. The minimum Gasteiger partial charge on any atom is -0.483 e. The fraction of sp³-hybridized carbons (Fsp3) is 0.792. The molecule has 6 nitrogen and oxygen atoms in total. The molecule has 1 fully saturated rings. The second-order valence-corrected chi connectivity index (χ2v) is 10.6. The van der Waals surface area contributed by atoms with Gasteiger partial charge in [-0.25, -0.2) is 0 Å². The summed E-state index contributed by atoms with van der Waals surface area (Å²) < 4.78 is 17.4. The van der Waals surface area contributed by atoms with Gasteiger partial charge in [-0.3, -0.25) is 14.4 Å². The summed E-state index contributed by atoms with van der Waals surface area (Å²) >= 11 is 0. The lowest BCUT2D eigenvalue weighted by atomic mass is 9.57. The van der Waals surface area contributed by atoms with Crippen molar-refractivity contribution in [1.82, 2.24) is 0 Å². The van der Waals surface area contributed by atoms with E-state index in [0.29, 0.717) is 19.4 Å². The highest BCUT2D eigenvalue weighted by Gasteiger charge is 2.59. The molecule has 0 bridgehead atoms. The molecule has 1 heterocycles. The summed E-state index contributed by atoms with van der Waals surface area (Å²) in [6.45, 7) is 12.0. The summed E-state index contributed by atoms with van der Waals surface area (Å²) in [5.41, 5.74) is 0.0612. The van der Waals surface area contributed by atoms with Crippen molar-refractivity contribution in [3.05, 3.63) is 11.3 Å². The Kier molecular flexibility index (Phi) is 6.09. The Morgan fingerprint density at radius 1 is 0.900 bits per heavy atom. The molecule has 1 saturated carbocycles. The Labute approximate surface area is 179 Å². The van der Waals surface area contributed by atoms with Gasteiger partial charge in [0.1, 0.15) is 0 Å². The molecule has 1 aliphatic heterocycles.